The third-order valence-electron chi connectivity index (χ3n) is 5.25. The molecule has 2 amide bonds. The van der Waals surface area contributed by atoms with E-state index in [1.807, 2.05) is 60.7 Å². The Morgan fingerprint density at radius 3 is 2.23 bits per heavy atom. The summed E-state index contributed by atoms with van der Waals surface area (Å²) < 4.78 is 18.4. The van der Waals surface area contributed by atoms with Gasteiger partial charge in [0.15, 0.2) is 12.1 Å². The molecule has 2 heterocycles. The largest absolute Gasteiger partial charge is 0.451 e. The molecule has 2 aliphatic heterocycles. The van der Waals surface area contributed by atoms with Gasteiger partial charge in [-0.3, -0.25) is 13.8 Å². The van der Waals surface area contributed by atoms with Gasteiger partial charge >= 0.3 is 5.97 Å². The first-order valence-corrected chi connectivity index (χ1v) is 10.8. The first-order valence-electron chi connectivity index (χ1n) is 9.40. The lowest BCUT2D eigenvalue weighted by molar-refractivity contribution is -0.165. The number of esters is 1. The zero-order valence-corrected chi connectivity index (χ0v) is 16.8. The number of amides is 2. The van der Waals surface area contributed by atoms with Crippen molar-refractivity contribution in [2.45, 2.75) is 23.6 Å². The molecule has 0 bridgehead atoms. The number of hydrogen-bond acceptors (Lipinski definition) is 5. The molecule has 2 aliphatic rings. The Balaban J connectivity index is 1.62. The molecule has 2 aromatic rings. The fraction of sp³-hybridized carbons (Fsp3) is 0.227. The second kappa shape index (κ2) is 8.23. The first kappa shape index (κ1) is 20.0. The molecule has 30 heavy (non-hydrogen) atoms. The van der Waals surface area contributed by atoms with E-state index in [4.69, 9.17) is 4.74 Å². The van der Waals surface area contributed by atoms with Gasteiger partial charge in [0.2, 0.25) is 12.3 Å². The Bertz CT molecular complexity index is 971. The second-order valence-corrected chi connectivity index (χ2v) is 8.66. The number of carbonyl (C=O) groups is 3. The van der Waals surface area contributed by atoms with Crippen molar-refractivity contribution in [3.63, 3.8) is 0 Å². The maximum atomic E-state index is 13.2. The summed E-state index contributed by atoms with van der Waals surface area (Å²) in [6.07, 6.45) is -0.270. The fourth-order valence-corrected chi connectivity index (χ4v) is 5.53. The van der Waals surface area contributed by atoms with E-state index in [1.165, 1.54) is 4.90 Å². The summed E-state index contributed by atoms with van der Waals surface area (Å²) in [7, 11) is -1.46. The quantitative estimate of drug-likeness (QED) is 0.327. The first-order chi connectivity index (χ1) is 14.5. The molecule has 0 unspecified atom stereocenters. The minimum Gasteiger partial charge on any atom is -0.451 e. The minimum atomic E-state index is -1.46. The third kappa shape index (κ3) is 3.43. The Morgan fingerprint density at radius 2 is 1.70 bits per heavy atom. The lowest BCUT2D eigenvalue weighted by Crippen LogP contribution is -2.77. The van der Waals surface area contributed by atoms with E-state index in [1.54, 1.807) is 0 Å². The zero-order chi connectivity index (χ0) is 21.3. The molecule has 4 atom stereocenters. The van der Waals surface area contributed by atoms with Crippen molar-refractivity contribution in [2.75, 3.05) is 5.75 Å². The van der Waals surface area contributed by atoms with Gasteiger partial charge in [-0.25, -0.2) is 4.79 Å². The molecule has 154 valence electrons. The standard InChI is InChI=1S/C22H20N2O5S/c1-14-12-30(28)21-17(23-13-25)20(26)24(21)18(14)22(27)29-19(15-8-4-2-5-9-15)16-10-6-3-7-11-16/h2-11,13,17-19,21H,1,12H2,(H,23,25)/t17-,18-,21-,30+/m1/s1. The SMILES string of the molecule is C=C1C[S@](=O)[C@@H]2[C@H](NC=O)C(=O)N2[C@H]1C(=O)OC(c1ccccc1)c1ccccc1. The Morgan fingerprint density at radius 1 is 1.13 bits per heavy atom. The number of nitrogens with one attached hydrogen (secondary N) is 1. The van der Waals surface area contributed by atoms with Gasteiger partial charge in [-0.15, -0.1) is 0 Å². The van der Waals surface area contributed by atoms with Gasteiger partial charge in [0.05, 0.1) is 10.8 Å². The molecular formula is C22H20N2O5S. The number of nitrogens with zero attached hydrogens (tertiary/aromatic N) is 1. The average molecular weight is 424 g/mol. The number of fused-ring (bicyclic) bond motifs is 1. The number of carbonyl (C=O) groups excluding carboxylic acids is 3. The molecule has 0 spiro atoms. The number of hydrogen-bond donors (Lipinski definition) is 1. The van der Waals surface area contributed by atoms with Crippen LogP contribution in [0.25, 0.3) is 0 Å². The number of rotatable bonds is 6. The van der Waals surface area contributed by atoms with Crippen LogP contribution in [0.3, 0.4) is 0 Å². The normalized spacial score (nSPS) is 25.3. The summed E-state index contributed by atoms with van der Waals surface area (Å²) >= 11 is 0. The summed E-state index contributed by atoms with van der Waals surface area (Å²) in [5.41, 5.74) is 1.93. The predicted octanol–water partition coefficient (Wildman–Crippen LogP) is 1.29. The van der Waals surface area contributed by atoms with Crippen molar-refractivity contribution in [2.24, 2.45) is 0 Å². The van der Waals surface area contributed by atoms with Crippen molar-refractivity contribution < 1.29 is 23.3 Å². The molecule has 0 aromatic heterocycles. The van der Waals surface area contributed by atoms with Crippen LogP contribution in [0.2, 0.25) is 0 Å². The second-order valence-electron chi connectivity index (χ2n) is 7.12. The zero-order valence-electron chi connectivity index (χ0n) is 16.0. The average Bonchev–Trinajstić information content (AvgIpc) is 2.76. The van der Waals surface area contributed by atoms with E-state index in [-0.39, 0.29) is 5.75 Å². The summed E-state index contributed by atoms with van der Waals surface area (Å²) in [5.74, 6) is -1.05. The Hall–Kier alpha value is -3.26. The number of benzene rings is 2. The van der Waals surface area contributed by atoms with Crippen molar-refractivity contribution in [1.29, 1.82) is 0 Å². The number of ether oxygens (including phenoxy) is 1. The van der Waals surface area contributed by atoms with Crippen LogP contribution in [0, 0.1) is 0 Å². The summed E-state index contributed by atoms with van der Waals surface area (Å²) in [6, 6.07) is 16.6. The van der Waals surface area contributed by atoms with Crippen LogP contribution < -0.4 is 5.32 Å². The molecule has 2 saturated heterocycles. The van der Waals surface area contributed by atoms with E-state index < -0.39 is 46.2 Å². The monoisotopic (exact) mass is 424 g/mol. The van der Waals surface area contributed by atoms with Crippen molar-refractivity contribution in [3.05, 3.63) is 83.9 Å². The molecule has 1 N–H and O–H groups in total. The van der Waals surface area contributed by atoms with Gasteiger partial charge < -0.3 is 15.0 Å². The number of β-lactam (4-membered cyclic amide) rings is 1. The summed E-state index contributed by atoms with van der Waals surface area (Å²) in [6.45, 7) is 3.87. The van der Waals surface area contributed by atoms with Gasteiger partial charge in [-0.05, 0) is 16.7 Å². The van der Waals surface area contributed by atoms with Crippen LogP contribution in [-0.4, -0.2) is 50.6 Å². The highest BCUT2D eigenvalue weighted by Gasteiger charge is 2.59. The van der Waals surface area contributed by atoms with Crippen LogP contribution in [0.15, 0.2) is 72.8 Å². The summed E-state index contributed by atoms with van der Waals surface area (Å²) in [5, 5.41) is 1.62. The highest BCUT2D eigenvalue weighted by atomic mass is 32.2. The van der Waals surface area contributed by atoms with Gasteiger partial charge in [-0.1, -0.05) is 67.2 Å². The molecule has 7 nitrogen and oxygen atoms in total. The fourth-order valence-electron chi connectivity index (χ4n) is 3.85. The van der Waals surface area contributed by atoms with Gasteiger partial charge in [0.1, 0.15) is 11.4 Å². The predicted molar refractivity (Wildman–Crippen MR) is 110 cm³/mol. The van der Waals surface area contributed by atoms with Crippen LogP contribution in [0.5, 0.6) is 0 Å². The molecule has 0 saturated carbocycles. The lowest BCUT2D eigenvalue weighted by Gasteiger charge is -2.52. The van der Waals surface area contributed by atoms with Gasteiger partial charge in [0.25, 0.3) is 0 Å². The van der Waals surface area contributed by atoms with Crippen LogP contribution >= 0.6 is 0 Å². The van der Waals surface area contributed by atoms with Crippen LogP contribution in [-0.2, 0) is 29.9 Å². The molecule has 2 aromatic carbocycles. The maximum absolute atomic E-state index is 13.2. The van der Waals surface area contributed by atoms with E-state index in [0.29, 0.717) is 12.0 Å². The molecule has 4 rings (SSSR count). The smallest absolute Gasteiger partial charge is 0.334 e. The molecule has 8 heteroatoms. The molecule has 0 aliphatic carbocycles. The lowest BCUT2D eigenvalue weighted by atomic mass is 9.98. The maximum Gasteiger partial charge on any atom is 0.334 e. The third-order valence-corrected chi connectivity index (χ3v) is 6.94. The highest BCUT2D eigenvalue weighted by Crippen LogP contribution is 2.36. The van der Waals surface area contributed by atoms with Crippen LogP contribution in [0.1, 0.15) is 17.2 Å². The minimum absolute atomic E-state index is 0.0621. The van der Waals surface area contributed by atoms with E-state index in [9.17, 15) is 18.6 Å². The molecule has 2 fully saturated rings. The van der Waals surface area contributed by atoms with Crippen molar-refractivity contribution in [3.8, 4) is 0 Å². The van der Waals surface area contributed by atoms with Crippen molar-refractivity contribution in [1.82, 2.24) is 10.2 Å². The van der Waals surface area contributed by atoms with Gasteiger partial charge in [0, 0.05) is 5.75 Å². The van der Waals surface area contributed by atoms with Gasteiger partial charge in [-0.2, -0.15) is 0 Å². The Kier molecular flexibility index (Phi) is 5.50. The molecule has 0 radical (unpaired) electrons. The van der Waals surface area contributed by atoms with Crippen molar-refractivity contribution >= 4 is 29.1 Å². The highest BCUT2D eigenvalue weighted by molar-refractivity contribution is 7.86. The molecular weight excluding hydrogens is 404 g/mol. The van der Waals surface area contributed by atoms with E-state index >= 15 is 0 Å². The Labute approximate surface area is 176 Å². The topological polar surface area (TPSA) is 92.8 Å². The van der Waals surface area contributed by atoms with E-state index in [0.717, 1.165) is 11.1 Å². The van der Waals surface area contributed by atoms with E-state index in [2.05, 4.69) is 11.9 Å². The summed E-state index contributed by atoms with van der Waals surface area (Å²) in [4.78, 5) is 37.7. The van der Waals surface area contributed by atoms with Crippen LogP contribution in [0.4, 0.5) is 0 Å².